The molecule has 11 heteroatoms. The molecule has 9 nitrogen and oxygen atoms in total. The lowest BCUT2D eigenvalue weighted by Crippen LogP contribution is -2.30. The van der Waals surface area contributed by atoms with Gasteiger partial charge in [-0.15, -0.1) is 4.36 Å². The fourth-order valence-corrected chi connectivity index (χ4v) is 3.70. The number of nitrogens with two attached hydrogens (primary N) is 1. The summed E-state index contributed by atoms with van der Waals surface area (Å²) in [5.41, 5.74) is 6.23. The van der Waals surface area contributed by atoms with Crippen LogP contribution in [-0.4, -0.2) is 27.9 Å². The minimum atomic E-state index is -4.03. The van der Waals surface area contributed by atoms with Gasteiger partial charge in [0.1, 0.15) is 0 Å². The third kappa shape index (κ3) is 5.37. The summed E-state index contributed by atoms with van der Waals surface area (Å²) in [5, 5.41) is 9.09. The van der Waals surface area contributed by atoms with E-state index in [2.05, 4.69) is 9.08 Å². The summed E-state index contributed by atoms with van der Waals surface area (Å²) in [7, 11) is -6.72. The molecule has 0 amide bonds. The van der Waals surface area contributed by atoms with E-state index in [9.17, 15) is 21.6 Å². The molecule has 0 bridgehead atoms. The lowest BCUT2D eigenvalue weighted by Gasteiger charge is -2.18. The van der Waals surface area contributed by atoms with Gasteiger partial charge in [-0.25, -0.2) is 13.1 Å². The van der Waals surface area contributed by atoms with Gasteiger partial charge < -0.3 is 10.8 Å². The highest BCUT2D eigenvalue weighted by Crippen LogP contribution is 2.24. The Bertz CT molecular complexity index is 1040. The molecule has 0 spiro atoms. The topological polar surface area (TPSA) is 156 Å². The van der Waals surface area contributed by atoms with E-state index >= 15 is 0 Å². The quantitative estimate of drug-likeness (QED) is 0.597. The van der Waals surface area contributed by atoms with Crippen LogP contribution in [0.5, 0.6) is 0 Å². The average molecular weight is 397 g/mol. The number of hydrogen-bond donors (Lipinski definition) is 3. The van der Waals surface area contributed by atoms with E-state index in [1.807, 2.05) is 0 Å². The summed E-state index contributed by atoms with van der Waals surface area (Å²) in [5.74, 6) is -1.23. The van der Waals surface area contributed by atoms with E-state index in [0.29, 0.717) is 5.69 Å². The summed E-state index contributed by atoms with van der Waals surface area (Å²) in [6.07, 6.45) is -0.544. The Balaban J connectivity index is 2.40. The van der Waals surface area contributed by atoms with Crippen molar-refractivity contribution in [1.29, 1.82) is 0 Å². The Morgan fingerprint density at radius 3 is 2.42 bits per heavy atom. The molecule has 0 radical (unpaired) electrons. The predicted molar refractivity (Wildman–Crippen MR) is 93.6 cm³/mol. The van der Waals surface area contributed by atoms with E-state index in [1.165, 1.54) is 48.5 Å². The molecule has 2 rings (SSSR count). The zero-order valence-corrected chi connectivity index (χ0v) is 14.9. The molecule has 0 saturated carbocycles. The van der Waals surface area contributed by atoms with E-state index < -0.39 is 39.0 Å². The van der Waals surface area contributed by atoms with Crippen molar-refractivity contribution in [1.82, 2.24) is 4.72 Å². The maximum Gasteiger partial charge on any atom is 0.316 e. The number of nitrogens with one attached hydrogen (secondary N) is 1. The molecule has 0 aliphatic rings. The van der Waals surface area contributed by atoms with E-state index in [0.717, 1.165) is 0 Å². The highest BCUT2D eigenvalue weighted by Gasteiger charge is 2.24. The number of carboxylic acids is 1. The van der Waals surface area contributed by atoms with Crippen molar-refractivity contribution < 1.29 is 26.7 Å². The zero-order chi connectivity index (χ0) is 19.3. The minimum absolute atomic E-state index is 0.0536. The second-order valence-electron chi connectivity index (χ2n) is 5.24. The van der Waals surface area contributed by atoms with Crippen molar-refractivity contribution in [2.45, 2.75) is 17.4 Å². The van der Waals surface area contributed by atoms with Gasteiger partial charge in [0.05, 0.1) is 23.0 Å². The Morgan fingerprint density at radius 1 is 1.19 bits per heavy atom. The van der Waals surface area contributed by atoms with Crippen molar-refractivity contribution in [3.8, 4) is 0 Å². The molecule has 1 atom stereocenters. The number of nitrogen functional groups attached to an aromatic ring is 1. The molecule has 0 aliphatic heterocycles. The first-order chi connectivity index (χ1) is 12.2. The highest BCUT2D eigenvalue weighted by atomic mass is 32.2. The Morgan fingerprint density at radius 2 is 1.85 bits per heavy atom. The van der Waals surface area contributed by atoms with Gasteiger partial charge in [0, 0.05) is 5.69 Å². The van der Waals surface area contributed by atoms with Crippen LogP contribution in [0, 0.1) is 0 Å². The Kier molecular flexibility index (Phi) is 6.08. The van der Waals surface area contributed by atoms with Gasteiger partial charge in [0.15, 0.2) is 0 Å². The molecule has 2 aromatic rings. The van der Waals surface area contributed by atoms with Gasteiger partial charge in [-0.05, 0) is 42.0 Å². The molecule has 1 unspecified atom stereocenters. The van der Waals surface area contributed by atoms with Crippen LogP contribution in [0.3, 0.4) is 0 Å². The highest BCUT2D eigenvalue weighted by molar-refractivity contribution is 7.89. The molecule has 2 aromatic carbocycles. The number of rotatable bonds is 7. The summed E-state index contributed by atoms with van der Waals surface area (Å²) in [6, 6.07) is 9.90. The van der Waals surface area contributed by atoms with Gasteiger partial charge in [-0.2, -0.15) is 8.42 Å². The van der Waals surface area contributed by atoms with Crippen molar-refractivity contribution in [3.63, 3.8) is 0 Å². The first-order valence-electron chi connectivity index (χ1n) is 7.18. The first kappa shape index (κ1) is 19.6. The maximum absolute atomic E-state index is 12.5. The van der Waals surface area contributed by atoms with Crippen molar-refractivity contribution >= 4 is 37.9 Å². The second kappa shape index (κ2) is 8.08. The largest absolute Gasteiger partial charge is 0.481 e. The lowest BCUT2D eigenvalue weighted by atomic mass is 10.0. The minimum Gasteiger partial charge on any atom is -0.481 e. The van der Waals surface area contributed by atoms with Crippen LogP contribution >= 0.6 is 0 Å². The SMILES string of the molecule is Nc1ccc(S(=O)(=O)NC(CC(=O)O)c2cccc(N=S(=O)=O)c2)cc1. The number of sulfonamides is 1. The number of hydrogen-bond acceptors (Lipinski definition) is 7. The van der Waals surface area contributed by atoms with Crippen LogP contribution < -0.4 is 10.5 Å². The van der Waals surface area contributed by atoms with E-state index in [-0.39, 0.29) is 16.1 Å². The smallest absolute Gasteiger partial charge is 0.316 e. The van der Waals surface area contributed by atoms with Gasteiger partial charge in [-0.3, -0.25) is 4.79 Å². The predicted octanol–water partition coefficient (Wildman–Crippen LogP) is 1.46. The standard InChI is InChI=1S/C15H15N3O6S2/c16-11-4-6-13(7-5-11)26(23,24)18-14(9-15(19)20)10-2-1-3-12(8-10)17-25(21)22/h1-8,14,18H,9,16H2,(H,19,20). The maximum atomic E-state index is 12.5. The number of carbonyl (C=O) groups is 1. The Hall–Kier alpha value is -2.76. The summed E-state index contributed by atoms with van der Waals surface area (Å²) < 4.78 is 52.0. The molecular weight excluding hydrogens is 382 g/mol. The summed E-state index contributed by atoms with van der Waals surface area (Å²) in [4.78, 5) is 11.1. The molecule has 138 valence electrons. The normalized spacial score (nSPS) is 12.3. The number of anilines is 1. The fraction of sp³-hybridized carbons (Fsp3) is 0.133. The van der Waals surface area contributed by atoms with E-state index in [4.69, 9.17) is 10.8 Å². The molecule has 0 heterocycles. The van der Waals surface area contributed by atoms with Gasteiger partial charge in [0.2, 0.25) is 10.0 Å². The van der Waals surface area contributed by atoms with Gasteiger partial charge in [-0.1, -0.05) is 12.1 Å². The lowest BCUT2D eigenvalue weighted by molar-refractivity contribution is -0.137. The third-order valence-corrected chi connectivity index (χ3v) is 5.17. The fourth-order valence-electron chi connectivity index (χ4n) is 2.19. The van der Waals surface area contributed by atoms with E-state index in [1.54, 1.807) is 0 Å². The molecule has 0 fully saturated rings. The molecule has 0 aromatic heterocycles. The number of carboxylic acid groups (broad SMARTS) is 1. The van der Waals surface area contributed by atoms with Crippen molar-refractivity contribution in [3.05, 3.63) is 54.1 Å². The summed E-state index contributed by atoms with van der Waals surface area (Å²) >= 11 is 0. The van der Waals surface area contributed by atoms with Gasteiger partial charge >= 0.3 is 16.5 Å². The number of nitrogens with zero attached hydrogens (tertiary/aromatic N) is 1. The zero-order valence-electron chi connectivity index (χ0n) is 13.2. The average Bonchev–Trinajstić information content (AvgIpc) is 2.53. The number of aliphatic carboxylic acids is 1. The second-order valence-corrected chi connectivity index (χ2v) is 7.57. The molecule has 26 heavy (non-hydrogen) atoms. The van der Waals surface area contributed by atoms with Crippen LogP contribution in [0.1, 0.15) is 18.0 Å². The molecule has 0 aliphatic carbocycles. The molecule has 4 N–H and O–H groups in total. The van der Waals surface area contributed by atoms with Crippen LogP contribution in [-0.2, 0) is 25.3 Å². The summed E-state index contributed by atoms with van der Waals surface area (Å²) in [6.45, 7) is 0. The van der Waals surface area contributed by atoms with Crippen LogP contribution in [0.15, 0.2) is 57.8 Å². The molecular formula is C15H15N3O6S2. The van der Waals surface area contributed by atoms with Crippen molar-refractivity contribution in [2.75, 3.05) is 5.73 Å². The third-order valence-electron chi connectivity index (χ3n) is 3.32. The first-order valence-corrected chi connectivity index (χ1v) is 9.69. The molecule has 0 saturated heterocycles. The van der Waals surface area contributed by atoms with Crippen molar-refractivity contribution in [2.24, 2.45) is 4.36 Å². The van der Waals surface area contributed by atoms with Crippen LogP contribution in [0.25, 0.3) is 0 Å². The van der Waals surface area contributed by atoms with Gasteiger partial charge in [0.25, 0.3) is 0 Å². The Labute approximate surface area is 151 Å². The van der Waals surface area contributed by atoms with Crippen LogP contribution in [0.4, 0.5) is 11.4 Å². The van der Waals surface area contributed by atoms with Crippen LogP contribution in [0.2, 0.25) is 0 Å². The number of benzene rings is 2. The monoisotopic (exact) mass is 397 g/mol.